The fraction of sp³-hybridized carbons (Fsp3) is 1.00. The Bertz CT molecular complexity index is 215. The summed E-state index contributed by atoms with van der Waals surface area (Å²) in [6.45, 7) is 10.1. The largest absolute Gasteiger partial charge is 0.384 e. The lowest BCUT2D eigenvalue weighted by atomic mass is 9.63. The van der Waals surface area contributed by atoms with Gasteiger partial charge in [0, 0.05) is 19.1 Å². The van der Waals surface area contributed by atoms with E-state index in [0.717, 1.165) is 12.5 Å². The van der Waals surface area contributed by atoms with Gasteiger partial charge >= 0.3 is 0 Å². The summed E-state index contributed by atoms with van der Waals surface area (Å²) in [6.07, 6.45) is 3.78. The molecule has 4 unspecified atom stereocenters. The molecule has 0 bridgehead atoms. The molecule has 4 atom stereocenters. The van der Waals surface area contributed by atoms with Crippen LogP contribution < -0.4 is 0 Å². The summed E-state index contributed by atoms with van der Waals surface area (Å²) in [5.41, 5.74) is 0.280. The number of rotatable bonds is 4. The molecule has 1 fully saturated rings. The van der Waals surface area contributed by atoms with Crippen molar-refractivity contribution in [2.24, 2.45) is 23.2 Å². The first-order valence-corrected chi connectivity index (χ1v) is 6.96. The van der Waals surface area contributed by atoms with E-state index in [4.69, 9.17) is 16.3 Å². The van der Waals surface area contributed by atoms with E-state index in [-0.39, 0.29) is 5.41 Å². The summed E-state index contributed by atoms with van der Waals surface area (Å²) in [4.78, 5) is 0. The van der Waals surface area contributed by atoms with E-state index in [1.807, 2.05) is 0 Å². The van der Waals surface area contributed by atoms with Crippen molar-refractivity contribution in [3.8, 4) is 0 Å². The van der Waals surface area contributed by atoms with Crippen molar-refractivity contribution in [2.45, 2.75) is 52.3 Å². The van der Waals surface area contributed by atoms with Gasteiger partial charge in [0.15, 0.2) is 0 Å². The van der Waals surface area contributed by atoms with E-state index < -0.39 is 0 Å². The molecule has 0 saturated heterocycles. The van der Waals surface area contributed by atoms with Gasteiger partial charge in [0.05, 0.1) is 0 Å². The molecule has 0 aromatic carbocycles. The molecule has 1 saturated carbocycles. The maximum Gasteiger partial charge on any atom is 0.0493 e. The first kappa shape index (κ1) is 14.3. The van der Waals surface area contributed by atoms with Gasteiger partial charge in [-0.05, 0) is 36.0 Å². The molecule has 0 heterocycles. The molecule has 0 N–H and O–H groups in total. The molecule has 0 amide bonds. The van der Waals surface area contributed by atoms with E-state index in [9.17, 15) is 0 Å². The molecule has 1 nitrogen and oxygen atoms in total. The molecule has 0 aromatic heterocycles. The predicted molar refractivity (Wildman–Crippen MR) is 71.0 cm³/mol. The third-order valence-electron chi connectivity index (χ3n) is 4.68. The van der Waals surface area contributed by atoms with Gasteiger partial charge in [-0.1, -0.05) is 34.1 Å². The summed E-state index contributed by atoms with van der Waals surface area (Å²) in [5, 5.41) is 0.345. The van der Waals surface area contributed by atoms with Crippen molar-refractivity contribution in [3.05, 3.63) is 0 Å². The number of methoxy groups -OCH3 is 1. The van der Waals surface area contributed by atoms with Crippen LogP contribution in [0.3, 0.4) is 0 Å². The minimum absolute atomic E-state index is 0.280. The normalized spacial score (nSPS) is 33.8. The first-order valence-electron chi connectivity index (χ1n) is 6.52. The van der Waals surface area contributed by atoms with Crippen LogP contribution in [0.4, 0.5) is 0 Å². The predicted octanol–water partition coefficient (Wildman–Crippen LogP) is 4.34. The molecule has 16 heavy (non-hydrogen) atoms. The Morgan fingerprint density at radius 1 is 1.38 bits per heavy atom. The Morgan fingerprint density at radius 2 is 2.00 bits per heavy atom. The van der Waals surface area contributed by atoms with Gasteiger partial charge in [-0.3, -0.25) is 0 Å². The summed E-state index contributed by atoms with van der Waals surface area (Å²) >= 11 is 6.57. The lowest BCUT2D eigenvalue weighted by molar-refractivity contribution is 0.0317. The third kappa shape index (κ3) is 3.13. The summed E-state index contributed by atoms with van der Waals surface area (Å²) in [5.74, 6) is 2.00. The van der Waals surface area contributed by atoms with Crippen LogP contribution in [0, 0.1) is 23.2 Å². The molecule has 1 rings (SSSR count). The first-order chi connectivity index (χ1) is 7.39. The van der Waals surface area contributed by atoms with Crippen LogP contribution in [0.25, 0.3) is 0 Å². The highest BCUT2D eigenvalue weighted by atomic mass is 35.5. The van der Waals surface area contributed by atoms with Crippen LogP contribution in [0.1, 0.15) is 47.0 Å². The minimum Gasteiger partial charge on any atom is -0.384 e. The second-order valence-corrected chi connectivity index (χ2v) is 6.78. The third-order valence-corrected chi connectivity index (χ3v) is 5.16. The average Bonchev–Trinajstić information content (AvgIpc) is 2.17. The maximum absolute atomic E-state index is 6.57. The smallest absolute Gasteiger partial charge is 0.0493 e. The van der Waals surface area contributed by atoms with Crippen molar-refractivity contribution in [1.82, 2.24) is 0 Å². The number of halogens is 1. The van der Waals surface area contributed by atoms with Crippen molar-refractivity contribution in [1.29, 1.82) is 0 Å². The Hall–Kier alpha value is 0.250. The van der Waals surface area contributed by atoms with Crippen molar-refractivity contribution < 1.29 is 4.74 Å². The highest BCUT2D eigenvalue weighted by Gasteiger charge is 2.41. The molecular formula is C14H27ClO. The fourth-order valence-electron chi connectivity index (χ4n) is 2.98. The lowest BCUT2D eigenvalue weighted by Gasteiger charge is -2.45. The van der Waals surface area contributed by atoms with Gasteiger partial charge in [0.25, 0.3) is 0 Å². The van der Waals surface area contributed by atoms with Crippen LogP contribution in [-0.4, -0.2) is 19.1 Å². The molecule has 0 radical (unpaired) electrons. The van der Waals surface area contributed by atoms with Crippen LogP contribution in [-0.2, 0) is 4.74 Å². The van der Waals surface area contributed by atoms with Gasteiger partial charge in [-0.25, -0.2) is 0 Å². The zero-order valence-corrected chi connectivity index (χ0v) is 12.2. The van der Waals surface area contributed by atoms with E-state index in [2.05, 4.69) is 27.7 Å². The Morgan fingerprint density at radius 3 is 2.50 bits per heavy atom. The molecular weight excluding hydrogens is 220 g/mol. The van der Waals surface area contributed by atoms with Crippen molar-refractivity contribution in [2.75, 3.05) is 13.7 Å². The highest BCUT2D eigenvalue weighted by molar-refractivity contribution is 6.20. The number of ether oxygens (including phenoxy) is 1. The second-order valence-electron chi connectivity index (χ2n) is 6.22. The van der Waals surface area contributed by atoms with Crippen LogP contribution in [0.15, 0.2) is 0 Å². The van der Waals surface area contributed by atoms with Crippen LogP contribution in [0.5, 0.6) is 0 Å². The zero-order valence-electron chi connectivity index (χ0n) is 11.4. The standard InChI is InChI=1S/C14H27ClO/c1-10-6-7-12(13(15)8-10)14(3,4)11(2)9-16-5/h10-13H,6-9H2,1-5H3. The van der Waals surface area contributed by atoms with Gasteiger partial charge in [0.2, 0.25) is 0 Å². The average molecular weight is 247 g/mol. The fourth-order valence-corrected chi connectivity index (χ4v) is 3.73. The molecule has 0 spiro atoms. The van der Waals surface area contributed by atoms with Gasteiger partial charge in [-0.2, -0.15) is 0 Å². The highest BCUT2D eigenvalue weighted by Crippen LogP contribution is 2.46. The zero-order chi connectivity index (χ0) is 12.3. The number of hydrogen-bond acceptors (Lipinski definition) is 1. The Balaban J connectivity index is 2.67. The SMILES string of the molecule is COCC(C)C(C)(C)C1CCC(C)CC1Cl. The van der Waals surface area contributed by atoms with Crippen molar-refractivity contribution >= 4 is 11.6 Å². The minimum atomic E-state index is 0.280. The summed E-state index contributed by atoms with van der Waals surface area (Å²) in [6, 6.07) is 0. The van der Waals surface area contributed by atoms with Crippen LogP contribution >= 0.6 is 11.6 Å². The topological polar surface area (TPSA) is 9.23 Å². The molecule has 1 aliphatic carbocycles. The Kier molecular flexibility index (Phi) is 5.12. The van der Waals surface area contributed by atoms with Gasteiger partial charge in [-0.15, -0.1) is 11.6 Å². The summed E-state index contributed by atoms with van der Waals surface area (Å²) < 4.78 is 5.29. The summed E-state index contributed by atoms with van der Waals surface area (Å²) in [7, 11) is 1.79. The van der Waals surface area contributed by atoms with Gasteiger partial charge in [0.1, 0.15) is 0 Å². The van der Waals surface area contributed by atoms with E-state index in [1.54, 1.807) is 7.11 Å². The van der Waals surface area contributed by atoms with E-state index in [0.29, 0.717) is 17.2 Å². The molecule has 2 heteroatoms. The van der Waals surface area contributed by atoms with E-state index in [1.165, 1.54) is 19.3 Å². The molecule has 0 aromatic rings. The van der Waals surface area contributed by atoms with Gasteiger partial charge < -0.3 is 4.74 Å². The maximum atomic E-state index is 6.57. The van der Waals surface area contributed by atoms with Crippen LogP contribution in [0.2, 0.25) is 0 Å². The molecule has 96 valence electrons. The Labute approximate surface area is 106 Å². The van der Waals surface area contributed by atoms with Crippen molar-refractivity contribution in [3.63, 3.8) is 0 Å². The van der Waals surface area contributed by atoms with E-state index >= 15 is 0 Å². The molecule has 0 aliphatic heterocycles. The quantitative estimate of drug-likeness (QED) is 0.671. The lowest BCUT2D eigenvalue weighted by Crippen LogP contribution is -2.41. The number of hydrogen-bond donors (Lipinski definition) is 0. The number of alkyl halides is 1. The monoisotopic (exact) mass is 246 g/mol. The molecule has 1 aliphatic rings. The second kappa shape index (κ2) is 5.73.